The van der Waals surface area contributed by atoms with Gasteiger partial charge in [-0.1, -0.05) is 27.2 Å². The zero-order valence-corrected chi connectivity index (χ0v) is 14.6. The second-order valence-corrected chi connectivity index (χ2v) is 10.1. The fourth-order valence-electron chi connectivity index (χ4n) is 7.83. The number of Topliss-reactive ketones (excluding diaryl/α,β-unsaturated/α-hetero) is 1. The first-order chi connectivity index (χ1) is 10.3. The molecule has 0 aromatic rings. The van der Waals surface area contributed by atoms with E-state index in [2.05, 4.69) is 20.8 Å². The van der Waals surface area contributed by atoms with Crippen LogP contribution in [-0.4, -0.2) is 17.5 Å². The molecule has 0 heterocycles. The van der Waals surface area contributed by atoms with Gasteiger partial charge in [0.2, 0.25) is 0 Å². The number of ketones is 1. The molecule has 1 spiro atoms. The van der Waals surface area contributed by atoms with Crippen LogP contribution in [0.2, 0.25) is 0 Å². The quantitative estimate of drug-likeness (QED) is 0.782. The number of aliphatic hydroxyl groups is 1. The highest BCUT2D eigenvalue weighted by Gasteiger charge is 2.66. The Kier molecular flexibility index (Phi) is 3.02. The van der Waals surface area contributed by atoms with Crippen molar-refractivity contribution in [2.45, 2.75) is 78.6 Å². The van der Waals surface area contributed by atoms with E-state index in [1.165, 1.54) is 38.5 Å². The van der Waals surface area contributed by atoms with Gasteiger partial charge in [-0.25, -0.2) is 0 Å². The number of aliphatic hydroxyl groups excluding tert-OH is 1. The second-order valence-electron chi connectivity index (χ2n) is 10.1. The highest BCUT2D eigenvalue weighted by atomic mass is 16.3. The molecule has 2 bridgehead atoms. The van der Waals surface area contributed by atoms with Crippen molar-refractivity contribution in [1.29, 1.82) is 0 Å². The lowest BCUT2D eigenvalue weighted by Gasteiger charge is -2.64. The molecule has 0 radical (unpaired) electrons. The summed E-state index contributed by atoms with van der Waals surface area (Å²) in [5.74, 6) is 1.91. The summed E-state index contributed by atoms with van der Waals surface area (Å²) < 4.78 is 0. The van der Waals surface area contributed by atoms with Crippen LogP contribution in [0.25, 0.3) is 0 Å². The van der Waals surface area contributed by atoms with E-state index in [4.69, 9.17) is 0 Å². The smallest absolute Gasteiger partial charge is 0.139 e. The maximum atomic E-state index is 12.6. The van der Waals surface area contributed by atoms with E-state index in [1.807, 2.05) is 0 Å². The van der Waals surface area contributed by atoms with Gasteiger partial charge in [0, 0.05) is 18.4 Å². The molecule has 0 amide bonds. The first kappa shape index (κ1) is 15.2. The van der Waals surface area contributed by atoms with Crippen molar-refractivity contribution < 1.29 is 9.90 Å². The van der Waals surface area contributed by atoms with Gasteiger partial charge in [-0.2, -0.15) is 0 Å². The summed E-state index contributed by atoms with van der Waals surface area (Å²) in [4.78, 5) is 12.6. The molecule has 2 nitrogen and oxygen atoms in total. The van der Waals surface area contributed by atoms with Crippen LogP contribution in [-0.2, 0) is 4.79 Å². The van der Waals surface area contributed by atoms with Gasteiger partial charge in [0.1, 0.15) is 5.78 Å². The fraction of sp³-hybridized carbons (Fsp3) is 0.950. The van der Waals surface area contributed by atoms with Crippen LogP contribution in [0.5, 0.6) is 0 Å². The normalized spacial score (nSPS) is 57.4. The van der Waals surface area contributed by atoms with Crippen LogP contribution in [0, 0.1) is 33.5 Å². The van der Waals surface area contributed by atoms with Crippen molar-refractivity contribution in [2.75, 3.05) is 6.61 Å². The summed E-state index contributed by atoms with van der Waals surface area (Å²) in [6.07, 6.45) is 10.6. The number of hydrogen-bond acceptors (Lipinski definition) is 2. The Hall–Kier alpha value is -0.370. The van der Waals surface area contributed by atoms with Gasteiger partial charge in [-0.15, -0.1) is 0 Å². The highest BCUT2D eigenvalue weighted by Crippen LogP contribution is 2.72. The maximum Gasteiger partial charge on any atom is 0.139 e. The second kappa shape index (κ2) is 4.37. The molecule has 22 heavy (non-hydrogen) atoms. The summed E-state index contributed by atoms with van der Waals surface area (Å²) in [6.45, 7) is 7.40. The fourth-order valence-corrected chi connectivity index (χ4v) is 7.83. The van der Waals surface area contributed by atoms with Crippen molar-refractivity contribution in [1.82, 2.24) is 0 Å². The summed E-state index contributed by atoms with van der Waals surface area (Å²) >= 11 is 0. The lowest BCUT2D eigenvalue weighted by molar-refractivity contribution is -0.163. The molecule has 124 valence electrons. The number of carbonyl (C=O) groups excluding carboxylic acids is 1. The van der Waals surface area contributed by atoms with E-state index in [-0.39, 0.29) is 10.8 Å². The van der Waals surface area contributed by atoms with Crippen molar-refractivity contribution in [2.24, 2.45) is 33.5 Å². The zero-order chi connectivity index (χ0) is 15.8. The minimum Gasteiger partial charge on any atom is -0.396 e. The molecule has 0 aliphatic heterocycles. The van der Waals surface area contributed by atoms with Crippen LogP contribution in [0.3, 0.4) is 0 Å². The van der Waals surface area contributed by atoms with E-state index in [0.29, 0.717) is 35.1 Å². The summed E-state index contributed by atoms with van der Waals surface area (Å²) in [7, 11) is 0. The number of fused-ring (bicyclic) bond motifs is 3. The summed E-state index contributed by atoms with van der Waals surface area (Å²) in [6, 6.07) is 0. The van der Waals surface area contributed by atoms with Crippen molar-refractivity contribution in [3.05, 3.63) is 0 Å². The number of rotatable bonds is 1. The van der Waals surface area contributed by atoms with E-state index in [0.717, 1.165) is 19.3 Å². The molecule has 1 N–H and O–H groups in total. The molecular formula is C20H32O2. The molecule has 2 unspecified atom stereocenters. The molecule has 0 aromatic carbocycles. The number of hydrogen-bond donors (Lipinski definition) is 1. The van der Waals surface area contributed by atoms with E-state index in [1.54, 1.807) is 0 Å². The third-order valence-electron chi connectivity index (χ3n) is 8.84. The highest BCUT2D eigenvalue weighted by molar-refractivity contribution is 5.88. The summed E-state index contributed by atoms with van der Waals surface area (Å²) in [5.41, 5.74) is 0.760. The predicted molar refractivity (Wildman–Crippen MR) is 87.4 cm³/mol. The molecule has 4 fully saturated rings. The SMILES string of the molecule is C[C@@]12CCC3[C@@](CCC4[C@](C)(CO)CCC[C@]43C)(CC1=O)C2. The number of carbonyl (C=O) groups is 1. The topological polar surface area (TPSA) is 37.3 Å². The Morgan fingerprint density at radius 3 is 2.50 bits per heavy atom. The molecule has 4 aliphatic rings. The Morgan fingerprint density at radius 1 is 1.05 bits per heavy atom. The van der Waals surface area contributed by atoms with Crippen molar-refractivity contribution >= 4 is 5.78 Å². The van der Waals surface area contributed by atoms with Crippen molar-refractivity contribution in [3.8, 4) is 0 Å². The average molecular weight is 304 g/mol. The van der Waals surface area contributed by atoms with Gasteiger partial charge in [-0.05, 0) is 73.0 Å². The van der Waals surface area contributed by atoms with E-state index >= 15 is 0 Å². The van der Waals surface area contributed by atoms with Crippen LogP contribution in [0.1, 0.15) is 78.6 Å². The monoisotopic (exact) mass is 304 g/mol. The molecule has 0 saturated heterocycles. The van der Waals surface area contributed by atoms with E-state index in [9.17, 15) is 9.90 Å². The van der Waals surface area contributed by atoms with Crippen molar-refractivity contribution in [3.63, 3.8) is 0 Å². The molecule has 6 atom stereocenters. The third-order valence-corrected chi connectivity index (χ3v) is 8.84. The predicted octanol–water partition coefficient (Wildman–Crippen LogP) is 4.35. The van der Waals surface area contributed by atoms with Gasteiger partial charge in [0.05, 0.1) is 0 Å². The molecular weight excluding hydrogens is 272 g/mol. The Morgan fingerprint density at radius 2 is 1.77 bits per heavy atom. The molecule has 4 rings (SSSR count). The van der Waals surface area contributed by atoms with Crippen LogP contribution in [0.4, 0.5) is 0 Å². The third kappa shape index (κ3) is 1.68. The zero-order valence-electron chi connectivity index (χ0n) is 14.6. The Labute approximate surface area is 135 Å². The Bertz CT molecular complexity index is 514. The van der Waals surface area contributed by atoms with Crippen LogP contribution >= 0.6 is 0 Å². The van der Waals surface area contributed by atoms with E-state index < -0.39 is 0 Å². The standard InChI is InChI=1S/C20H32O2/c1-17-9-5-15-19(3)8-4-7-18(2,13-21)14(19)6-10-20(15,12-17)11-16(17)22/h14-15,21H,4-13H2,1-3H3/t14?,15?,17-,18-,19+,20-/m0/s1. The molecule has 0 aromatic heterocycles. The lowest BCUT2D eigenvalue weighted by atomic mass is 9.40. The first-order valence-electron chi connectivity index (χ1n) is 9.42. The lowest BCUT2D eigenvalue weighted by Crippen LogP contribution is -2.57. The molecule has 2 heteroatoms. The minimum absolute atomic E-state index is 0.00531. The van der Waals surface area contributed by atoms with Gasteiger partial charge in [0.25, 0.3) is 0 Å². The van der Waals surface area contributed by atoms with Crippen LogP contribution < -0.4 is 0 Å². The minimum atomic E-state index is -0.00531. The van der Waals surface area contributed by atoms with Crippen LogP contribution in [0.15, 0.2) is 0 Å². The summed E-state index contributed by atoms with van der Waals surface area (Å²) in [5, 5.41) is 10.1. The molecule has 4 saturated carbocycles. The van der Waals surface area contributed by atoms with Gasteiger partial charge >= 0.3 is 0 Å². The molecule has 4 aliphatic carbocycles. The average Bonchev–Trinajstić information content (AvgIpc) is 2.64. The largest absolute Gasteiger partial charge is 0.396 e. The van der Waals surface area contributed by atoms with Gasteiger partial charge in [0.15, 0.2) is 0 Å². The van der Waals surface area contributed by atoms with Gasteiger partial charge < -0.3 is 5.11 Å². The first-order valence-corrected chi connectivity index (χ1v) is 9.42. The van der Waals surface area contributed by atoms with Gasteiger partial charge in [-0.3, -0.25) is 4.79 Å². The Balaban J connectivity index is 1.74. The maximum absolute atomic E-state index is 12.6.